The molecule has 0 bridgehead atoms. The van der Waals surface area contributed by atoms with Crippen LogP contribution in [0.4, 0.5) is 0 Å². The van der Waals surface area contributed by atoms with Crippen molar-refractivity contribution in [3.63, 3.8) is 0 Å². The fourth-order valence-electron chi connectivity index (χ4n) is 5.88. The van der Waals surface area contributed by atoms with Crippen molar-refractivity contribution < 1.29 is 54.1 Å². The van der Waals surface area contributed by atoms with Crippen LogP contribution >= 0.6 is 0 Å². The summed E-state index contributed by atoms with van der Waals surface area (Å²) in [6.45, 7) is 0.655. The molecule has 6 atom stereocenters. The fourth-order valence-corrected chi connectivity index (χ4v) is 7.18. The summed E-state index contributed by atoms with van der Waals surface area (Å²) in [7, 11) is 1.33. The molecule has 12 nitrogen and oxygen atoms in total. The second-order valence-electron chi connectivity index (χ2n) is 10.3. The number of ketones is 3. The summed E-state index contributed by atoms with van der Waals surface area (Å²) in [5.74, 6) is -3.66. The van der Waals surface area contributed by atoms with Gasteiger partial charge in [0.05, 0.1) is 7.11 Å². The fraction of sp³-hybridized carbons (Fsp3) is 0.444. The molecule has 2 aliphatic carbocycles. The number of hydrogen-bond donors (Lipinski definition) is 6. The van der Waals surface area contributed by atoms with Crippen molar-refractivity contribution in [2.75, 3.05) is 13.7 Å². The number of nitrogens with one attached hydrogen (secondary N) is 1. The van der Waals surface area contributed by atoms with Crippen LogP contribution in [0.5, 0.6) is 17.2 Å². The number of ether oxygens (including phenoxy) is 3. The van der Waals surface area contributed by atoms with Crippen LogP contribution < -0.4 is 7.86 Å². The Morgan fingerprint density at radius 1 is 1.18 bits per heavy atom. The van der Waals surface area contributed by atoms with Gasteiger partial charge in [-0.1, -0.05) is 12.1 Å². The number of methoxy groups -OCH3 is 1. The Bertz CT molecular complexity index is 1410. The molecular formula is C27H29NO11Pb. The predicted molar refractivity (Wildman–Crippen MR) is 138 cm³/mol. The van der Waals surface area contributed by atoms with E-state index in [1.807, 2.05) is 0 Å². The first-order chi connectivity index (χ1) is 19.0. The summed E-state index contributed by atoms with van der Waals surface area (Å²) in [6, 6.07) is 4.05. The monoisotopic (exact) mass is 751 g/mol. The van der Waals surface area contributed by atoms with Gasteiger partial charge < -0.3 is 4.74 Å². The molecule has 212 valence electrons. The van der Waals surface area contributed by atoms with Crippen molar-refractivity contribution >= 4 is 43.4 Å². The van der Waals surface area contributed by atoms with E-state index in [1.54, 1.807) is 6.92 Å². The normalized spacial score (nSPS) is 29.4. The molecule has 1 heterocycles. The zero-order valence-electron chi connectivity index (χ0n) is 21.7. The van der Waals surface area contributed by atoms with Gasteiger partial charge in [0.2, 0.25) is 0 Å². The summed E-state index contributed by atoms with van der Waals surface area (Å²) < 4.78 is 20.4. The Balaban J connectivity index is 1.68. The third-order valence-electron chi connectivity index (χ3n) is 7.97. The van der Waals surface area contributed by atoms with Gasteiger partial charge in [-0.05, 0) is 6.07 Å². The van der Waals surface area contributed by atoms with E-state index in [0.29, 0.717) is 26.1 Å². The average molecular weight is 751 g/mol. The number of rotatable bonds is 6. The molecule has 40 heavy (non-hydrogen) atoms. The number of fused-ring (bicyclic) bond motifs is 3. The van der Waals surface area contributed by atoms with Crippen LogP contribution in [0.3, 0.4) is 0 Å². The molecule has 1 fully saturated rings. The van der Waals surface area contributed by atoms with E-state index in [0.717, 1.165) is 0 Å². The predicted octanol–water partition coefficient (Wildman–Crippen LogP) is -0.552. The van der Waals surface area contributed by atoms with Crippen molar-refractivity contribution in [3.05, 3.63) is 51.6 Å². The van der Waals surface area contributed by atoms with E-state index in [9.17, 15) is 39.9 Å². The number of phenols is 2. The van der Waals surface area contributed by atoms with Gasteiger partial charge >= 0.3 is 216 Å². The van der Waals surface area contributed by atoms with E-state index >= 15 is 0 Å². The second-order valence-corrected chi connectivity index (χ2v) is 11.6. The number of Topliss-reactive ketones (excluding diaryl/α,β-unsaturated/α-hetero) is 1. The number of aliphatic hydroxyl groups is 3. The van der Waals surface area contributed by atoms with Crippen molar-refractivity contribution in [2.45, 2.75) is 62.4 Å². The molecule has 5 rings (SSSR count). The van der Waals surface area contributed by atoms with Gasteiger partial charge in [-0.15, -0.1) is 0 Å². The van der Waals surface area contributed by atoms with Gasteiger partial charge in [-0.3, -0.25) is 0 Å². The van der Waals surface area contributed by atoms with Crippen LogP contribution in [0.2, 0.25) is 0 Å². The van der Waals surface area contributed by atoms with Gasteiger partial charge in [0.1, 0.15) is 0 Å². The van der Waals surface area contributed by atoms with Crippen LogP contribution in [0.15, 0.2) is 18.2 Å². The third-order valence-corrected chi connectivity index (χ3v) is 9.64. The molecule has 2 aromatic carbocycles. The summed E-state index contributed by atoms with van der Waals surface area (Å²) >= 11 is 0.356. The number of carbonyl (C=O) groups is 3. The van der Waals surface area contributed by atoms with E-state index < -0.39 is 89.6 Å². The number of carbonyl (C=O) groups excluding carboxylic acids is 3. The molecule has 2 aromatic rings. The molecule has 13 heteroatoms. The average Bonchev–Trinajstić information content (AvgIpc) is 2.94. The topological polar surface area (TPSA) is 192 Å². The summed E-state index contributed by atoms with van der Waals surface area (Å²) in [6.07, 6.45) is -4.50. The van der Waals surface area contributed by atoms with Crippen molar-refractivity contribution in [2.24, 2.45) is 0 Å². The molecule has 6 N–H and O–H groups in total. The van der Waals surface area contributed by atoms with Crippen LogP contribution in [-0.4, -0.2) is 113 Å². The van der Waals surface area contributed by atoms with Gasteiger partial charge in [0.15, 0.2) is 0 Å². The van der Waals surface area contributed by atoms with E-state index in [1.165, 1.54) is 25.3 Å². The maximum absolute atomic E-state index is 13.7. The van der Waals surface area contributed by atoms with Gasteiger partial charge in [-0.2, -0.15) is 0 Å². The van der Waals surface area contributed by atoms with E-state index in [-0.39, 0.29) is 40.5 Å². The van der Waals surface area contributed by atoms with Crippen LogP contribution in [0.1, 0.15) is 68.8 Å². The minimum absolute atomic E-state index is 0.0395. The Morgan fingerprint density at radius 3 is 2.52 bits per heavy atom. The van der Waals surface area contributed by atoms with Crippen molar-refractivity contribution in [1.29, 1.82) is 0 Å². The first kappa shape index (κ1) is 29.0. The van der Waals surface area contributed by atoms with Gasteiger partial charge in [0, 0.05) is 0 Å². The molecule has 4 unspecified atom stereocenters. The molecule has 3 aliphatic rings. The molecular weight excluding hydrogens is 721 g/mol. The second kappa shape index (κ2) is 10.7. The summed E-state index contributed by atoms with van der Waals surface area (Å²) in [5, 5.41) is 54.2. The van der Waals surface area contributed by atoms with Crippen LogP contribution in [0, 0.1) is 0 Å². The Labute approximate surface area is 245 Å². The quantitative estimate of drug-likeness (QED) is 0.139. The van der Waals surface area contributed by atoms with Gasteiger partial charge in [-0.25, -0.2) is 0 Å². The first-order valence-electron chi connectivity index (χ1n) is 12.7. The van der Waals surface area contributed by atoms with E-state index in [4.69, 9.17) is 14.2 Å². The number of phenolic OH excluding ortho intramolecular Hbond substituents is 2. The number of aliphatic hydroxyl groups excluding tert-OH is 2. The zero-order valence-corrected chi connectivity index (χ0v) is 26.2. The standard InChI is InChI=1S/C27H28NO11.Pb.H/c1-10-22(31)13(28)6-17(38-10)39-15-8-27(36,16(30)9-29)7-12-19(15)26(35)21-20(24(12)33)23(32)11-4-3-5-14(37-2)18(11)25(21)34;;/h3-5,10,13,15,17,22,28-29,31,33,35-36H,6-9H2,1-2H3;;/q-1;+1;/t10?,13?,15-,17?,22?,27-;;/m0../s1. The summed E-state index contributed by atoms with van der Waals surface area (Å²) in [4.78, 5) is 39.9. The number of aromatic hydroxyl groups is 2. The van der Waals surface area contributed by atoms with Crippen LogP contribution in [0.25, 0.3) is 0 Å². The van der Waals surface area contributed by atoms with Gasteiger partial charge in [0.25, 0.3) is 0 Å². The Morgan fingerprint density at radius 2 is 1.88 bits per heavy atom. The molecule has 0 aromatic heterocycles. The first-order valence-corrected chi connectivity index (χ1v) is 14.9. The maximum atomic E-state index is 13.7. The Kier molecular flexibility index (Phi) is 7.80. The van der Waals surface area contributed by atoms with E-state index in [2.05, 4.69) is 3.13 Å². The third kappa shape index (κ3) is 4.45. The minimum atomic E-state index is -2.22. The SMILES string of the molecule is COc1cccc2c1C(=O)c1c(O)c3c(c(O)c1C2=O)C[C@@](O)(C(=O)CO)C[C@@H]3OC1CC([NH][PbH])C(O)C(C)O1. The van der Waals surface area contributed by atoms with Crippen LogP contribution in [-0.2, 0) is 20.7 Å². The summed E-state index contributed by atoms with van der Waals surface area (Å²) in [5.41, 5.74) is -3.48. The molecule has 1 aliphatic heterocycles. The van der Waals surface area contributed by atoms with Crippen molar-refractivity contribution in [3.8, 4) is 17.2 Å². The molecule has 1 saturated heterocycles. The molecule has 0 spiro atoms. The number of benzene rings is 2. The number of hydrogen-bond acceptors (Lipinski definition) is 12. The Hall–Kier alpha value is -2.47. The molecule has 0 amide bonds. The molecule has 0 saturated carbocycles. The molecule has 2 radical (unpaired) electrons. The zero-order chi connectivity index (χ0) is 29.1. The van der Waals surface area contributed by atoms with Crippen molar-refractivity contribution in [1.82, 2.24) is 3.13 Å².